The van der Waals surface area contributed by atoms with Crippen molar-refractivity contribution in [3.8, 4) is 0 Å². The van der Waals surface area contributed by atoms with Crippen LogP contribution in [-0.2, 0) is 9.47 Å². The minimum Gasteiger partial charge on any atom is -0.393 e. The molecule has 17 unspecified atom stereocenters. The average molecular weight is 601 g/mol. The quantitative estimate of drug-likeness (QED) is 0.200. The van der Waals surface area contributed by atoms with Crippen LogP contribution in [0, 0.1) is 46.3 Å². The summed E-state index contributed by atoms with van der Waals surface area (Å²) >= 11 is 0. The lowest BCUT2D eigenvalue weighted by molar-refractivity contribution is -0.280. The van der Waals surface area contributed by atoms with E-state index in [9.17, 15) is 40.9 Å². The first-order valence-electron chi connectivity index (χ1n) is 16.4. The predicted molar refractivity (Wildman–Crippen MR) is 153 cm³/mol. The number of ether oxygens (including phenoxy) is 2. The van der Waals surface area contributed by atoms with Crippen LogP contribution in [0.25, 0.3) is 0 Å². The van der Waals surface area contributed by atoms with Crippen LogP contribution < -0.4 is 0 Å². The monoisotopic (exact) mass is 600 g/mol. The molecule has 10 heteroatoms. The highest BCUT2D eigenvalue weighted by atomic mass is 16.7. The molecule has 1 saturated heterocycles. The Bertz CT molecular complexity index is 937. The lowest BCUT2D eigenvalue weighted by Crippen LogP contribution is -2.70. The highest BCUT2D eigenvalue weighted by molar-refractivity contribution is 5.20. The molecule has 0 spiro atoms. The van der Waals surface area contributed by atoms with Crippen molar-refractivity contribution in [3.05, 3.63) is 0 Å². The number of aliphatic hydroxyl groups excluding tert-OH is 7. The van der Waals surface area contributed by atoms with Gasteiger partial charge in [-0.15, -0.1) is 0 Å². The van der Waals surface area contributed by atoms with E-state index in [1.54, 1.807) is 0 Å². The number of rotatable bonds is 8. The Kier molecular flexibility index (Phi) is 9.48. The molecule has 0 aromatic heterocycles. The topological polar surface area (TPSA) is 180 Å². The number of hydrogen-bond acceptors (Lipinski definition) is 10. The van der Waals surface area contributed by atoms with Gasteiger partial charge in [0.1, 0.15) is 18.3 Å². The van der Waals surface area contributed by atoms with Crippen LogP contribution in [0.1, 0.15) is 85.5 Å². The molecule has 0 aromatic carbocycles. The fourth-order valence-corrected chi connectivity index (χ4v) is 10.8. The third kappa shape index (κ3) is 5.39. The average Bonchev–Trinajstić information content (AvgIpc) is 3.20. The summed E-state index contributed by atoms with van der Waals surface area (Å²) in [5, 5.41) is 86.1. The first kappa shape index (κ1) is 33.0. The summed E-state index contributed by atoms with van der Waals surface area (Å²) < 4.78 is 11.0. The van der Waals surface area contributed by atoms with E-state index in [0.29, 0.717) is 31.8 Å². The number of hydrogen-bond donors (Lipinski definition) is 8. The molecule has 8 N–H and O–H groups in total. The van der Waals surface area contributed by atoms with Gasteiger partial charge in [-0.05, 0) is 73.0 Å². The van der Waals surface area contributed by atoms with Gasteiger partial charge in [0.15, 0.2) is 6.29 Å². The SMILES string of the molecule is CC(CCCC(C)C1CC(O)C2C1(C)CCC1C3(C)CCC(O)C(O)C3C(O)CC12O)COC1OCC(O)C(O)C1O. The number of aliphatic hydroxyl groups is 8. The van der Waals surface area contributed by atoms with Gasteiger partial charge in [-0.25, -0.2) is 0 Å². The molecule has 0 amide bonds. The normalized spacial score (nSPS) is 54.0. The van der Waals surface area contributed by atoms with Gasteiger partial charge < -0.3 is 50.3 Å². The Morgan fingerprint density at radius 2 is 1.50 bits per heavy atom. The van der Waals surface area contributed by atoms with Crippen LogP contribution in [0.3, 0.4) is 0 Å². The summed E-state index contributed by atoms with van der Waals surface area (Å²) in [6.45, 7) is 8.88. The van der Waals surface area contributed by atoms with Gasteiger partial charge in [-0.3, -0.25) is 0 Å². The van der Waals surface area contributed by atoms with Gasteiger partial charge >= 0.3 is 0 Å². The Morgan fingerprint density at radius 3 is 2.21 bits per heavy atom. The molecule has 5 fully saturated rings. The molecule has 244 valence electrons. The zero-order chi connectivity index (χ0) is 30.8. The molecule has 1 aliphatic heterocycles. The Balaban J connectivity index is 1.19. The lowest BCUT2D eigenvalue weighted by atomic mass is 9.41. The lowest BCUT2D eigenvalue weighted by Gasteiger charge is -2.66. The Hall–Kier alpha value is -0.400. The van der Waals surface area contributed by atoms with Crippen molar-refractivity contribution in [2.24, 2.45) is 46.3 Å². The summed E-state index contributed by atoms with van der Waals surface area (Å²) in [4.78, 5) is 0. The van der Waals surface area contributed by atoms with E-state index >= 15 is 0 Å². The minimum absolute atomic E-state index is 0.0818. The fraction of sp³-hybridized carbons (Fsp3) is 1.00. The standard InChI is InChI=1S/C32H56O10/c1-16(14-41-29-27(39)26(38)22(36)15-42-29)6-5-7-17(2)18-12-20(34)28-30(18,3)11-9-23-31(4)10-8-19(33)25(37)24(31)21(35)13-32(23,28)40/h16-29,33-40H,5-15H2,1-4H3. The van der Waals surface area contributed by atoms with E-state index in [-0.39, 0.29) is 42.1 Å². The largest absolute Gasteiger partial charge is 0.393 e. The second kappa shape index (κ2) is 12.1. The van der Waals surface area contributed by atoms with Crippen LogP contribution in [0.4, 0.5) is 0 Å². The summed E-state index contributed by atoms with van der Waals surface area (Å²) in [7, 11) is 0. The van der Waals surface area contributed by atoms with Crippen molar-refractivity contribution in [2.75, 3.05) is 13.2 Å². The Morgan fingerprint density at radius 1 is 0.810 bits per heavy atom. The summed E-state index contributed by atoms with van der Waals surface area (Å²) in [5.74, 6) is -0.234. The maximum absolute atomic E-state index is 12.5. The smallest absolute Gasteiger partial charge is 0.186 e. The van der Waals surface area contributed by atoms with Gasteiger partial charge in [0.05, 0.1) is 43.2 Å². The second-order valence-corrected chi connectivity index (χ2v) is 15.5. The van der Waals surface area contributed by atoms with Gasteiger partial charge in [-0.2, -0.15) is 0 Å². The zero-order valence-corrected chi connectivity index (χ0v) is 25.8. The van der Waals surface area contributed by atoms with E-state index in [2.05, 4.69) is 27.7 Å². The molecule has 4 saturated carbocycles. The molecule has 0 bridgehead atoms. The van der Waals surface area contributed by atoms with Crippen molar-refractivity contribution >= 4 is 0 Å². The summed E-state index contributed by atoms with van der Waals surface area (Å²) in [6.07, 6.45) is -1.83. The van der Waals surface area contributed by atoms with E-state index < -0.39 is 66.0 Å². The van der Waals surface area contributed by atoms with Crippen LogP contribution in [0.15, 0.2) is 0 Å². The maximum Gasteiger partial charge on any atom is 0.186 e. The zero-order valence-electron chi connectivity index (χ0n) is 25.8. The van der Waals surface area contributed by atoms with Crippen molar-refractivity contribution < 1.29 is 50.3 Å². The van der Waals surface area contributed by atoms with Crippen LogP contribution in [0.2, 0.25) is 0 Å². The van der Waals surface area contributed by atoms with E-state index in [4.69, 9.17) is 9.47 Å². The van der Waals surface area contributed by atoms with E-state index in [0.717, 1.165) is 32.1 Å². The number of fused-ring (bicyclic) bond motifs is 5. The molecule has 42 heavy (non-hydrogen) atoms. The third-order valence-corrected chi connectivity index (χ3v) is 12.8. The maximum atomic E-state index is 12.5. The first-order valence-corrected chi connectivity index (χ1v) is 16.4. The van der Waals surface area contributed by atoms with Crippen LogP contribution in [0.5, 0.6) is 0 Å². The van der Waals surface area contributed by atoms with E-state index in [1.807, 2.05) is 0 Å². The second-order valence-electron chi connectivity index (χ2n) is 15.5. The molecule has 1 heterocycles. The summed E-state index contributed by atoms with van der Waals surface area (Å²) in [5.41, 5.74) is -2.01. The third-order valence-electron chi connectivity index (χ3n) is 12.8. The van der Waals surface area contributed by atoms with Gasteiger partial charge in [0.2, 0.25) is 0 Å². The molecule has 5 rings (SSSR count). The molecule has 10 nitrogen and oxygen atoms in total. The molecule has 4 aliphatic carbocycles. The van der Waals surface area contributed by atoms with Crippen molar-refractivity contribution in [3.63, 3.8) is 0 Å². The predicted octanol–water partition coefficient (Wildman–Crippen LogP) is 0.932. The summed E-state index contributed by atoms with van der Waals surface area (Å²) in [6, 6.07) is 0. The fourth-order valence-electron chi connectivity index (χ4n) is 10.8. The highest BCUT2D eigenvalue weighted by Gasteiger charge is 2.71. The van der Waals surface area contributed by atoms with Crippen LogP contribution in [-0.4, -0.2) is 109 Å². The molecule has 0 radical (unpaired) electrons. The first-order chi connectivity index (χ1) is 19.6. The minimum atomic E-state index is -1.29. The molecule has 17 atom stereocenters. The molecule has 5 aliphatic rings. The molecular weight excluding hydrogens is 544 g/mol. The van der Waals surface area contributed by atoms with Crippen LogP contribution >= 0.6 is 0 Å². The van der Waals surface area contributed by atoms with Crippen molar-refractivity contribution in [1.29, 1.82) is 0 Å². The van der Waals surface area contributed by atoms with Crippen molar-refractivity contribution in [2.45, 2.75) is 140 Å². The molecular formula is C32H56O10. The van der Waals surface area contributed by atoms with Gasteiger partial charge in [0, 0.05) is 18.3 Å². The van der Waals surface area contributed by atoms with E-state index in [1.165, 1.54) is 0 Å². The van der Waals surface area contributed by atoms with Gasteiger partial charge in [0.25, 0.3) is 0 Å². The Labute approximate surface area is 250 Å². The van der Waals surface area contributed by atoms with Gasteiger partial charge in [-0.1, -0.05) is 40.5 Å². The highest BCUT2D eigenvalue weighted by Crippen LogP contribution is 2.69. The van der Waals surface area contributed by atoms with Crippen molar-refractivity contribution in [1.82, 2.24) is 0 Å². The molecule has 0 aromatic rings.